The molecule has 0 aromatic rings. The maximum atomic E-state index is 5.63. The van der Waals surface area contributed by atoms with Crippen molar-refractivity contribution in [2.75, 3.05) is 13.2 Å². The first-order chi connectivity index (χ1) is 9.02. The molecule has 2 rings (SSSR count). The molecule has 0 bridgehead atoms. The third-order valence-corrected chi connectivity index (χ3v) is 3.33. The minimum Gasteiger partial charge on any atom is -0.478 e. The quantitative estimate of drug-likeness (QED) is 0.741. The molecule has 108 valence electrons. The monoisotopic (exact) mass is 266 g/mol. The minimum atomic E-state index is 0.323. The van der Waals surface area contributed by atoms with Crippen molar-refractivity contribution in [3.05, 3.63) is 0 Å². The van der Waals surface area contributed by atoms with Crippen LogP contribution in [-0.2, 0) is 9.47 Å². The van der Waals surface area contributed by atoms with Crippen molar-refractivity contribution in [1.82, 2.24) is 0 Å². The lowest BCUT2D eigenvalue weighted by molar-refractivity contribution is 0.285. The van der Waals surface area contributed by atoms with Crippen LogP contribution in [0.15, 0.2) is 9.98 Å². The summed E-state index contributed by atoms with van der Waals surface area (Å²) in [4.78, 5) is 9.22. The van der Waals surface area contributed by atoms with Crippen molar-refractivity contribution in [3.63, 3.8) is 0 Å². The van der Waals surface area contributed by atoms with Gasteiger partial charge < -0.3 is 9.47 Å². The molecule has 0 aromatic carbocycles. The van der Waals surface area contributed by atoms with E-state index in [2.05, 4.69) is 37.7 Å². The largest absolute Gasteiger partial charge is 0.478 e. The second-order valence-electron chi connectivity index (χ2n) is 6.41. The molecule has 0 amide bonds. The highest BCUT2D eigenvalue weighted by Gasteiger charge is 2.25. The molecule has 4 heteroatoms. The van der Waals surface area contributed by atoms with Gasteiger partial charge in [0.25, 0.3) is 0 Å². The van der Waals surface area contributed by atoms with Crippen LogP contribution < -0.4 is 0 Å². The van der Waals surface area contributed by atoms with Crippen molar-refractivity contribution < 1.29 is 9.47 Å². The summed E-state index contributed by atoms with van der Waals surface area (Å²) in [6.45, 7) is 10.3. The first-order valence-corrected chi connectivity index (χ1v) is 7.42. The highest BCUT2D eigenvalue weighted by molar-refractivity contribution is 5.98. The van der Waals surface area contributed by atoms with Crippen LogP contribution in [0.1, 0.15) is 47.0 Å². The third kappa shape index (κ3) is 4.51. The van der Waals surface area contributed by atoms with Crippen LogP contribution in [0.3, 0.4) is 0 Å². The van der Waals surface area contributed by atoms with Gasteiger partial charge in [-0.25, -0.2) is 9.98 Å². The Bertz CT molecular complexity index is 327. The van der Waals surface area contributed by atoms with E-state index in [1.807, 2.05) is 0 Å². The Balaban J connectivity index is 1.82. The minimum absolute atomic E-state index is 0.323. The van der Waals surface area contributed by atoms with Crippen molar-refractivity contribution in [1.29, 1.82) is 0 Å². The molecular formula is C15H26N2O2. The van der Waals surface area contributed by atoms with Crippen LogP contribution in [0.2, 0.25) is 0 Å². The van der Waals surface area contributed by atoms with E-state index in [0.717, 1.165) is 37.9 Å². The Morgan fingerprint density at radius 2 is 1.32 bits per heavy atom. The molecule has 19 heavy (non-hydrogen) atoms. The number of rotatable bonds is 6. The molecule has 0 fully saturated rings. The number of aliphatic imine (C=N–C) groups is 2. The highest BCUT2D eigenvalue weighted by Crippen LogP contribution is 2.19. The van der Waals surface area contributed by atoms with Gasteiger partial charge in [0.1, 0.15) is 13.2 Å². The van der Waals surface area contributed by atoms with Crippen LogP contribution in [0.4, 0.5) is 0 Å². The van der Waals surface area contributed by atoms with Crippen molar-refractivity contribution in [2.24, 2.45) is 21.8 Å². The summed E-state index contributed by atoms with van der Waals surface area (Å²) in [6, 6.07) is 0.645. The predicted molar refractivity (Wildman–Crippen MR) is 77.9 cm³/mol. The fourth-order valence-electron chi connectivity index (χ4n) is 2.59. The molecule has 0 unspecified atom stereocenters. The Kier molecular flexibility index (Phi) is 4.83. The van der Waals surface area contributed by atoms with Crippen LogP contribution in [0.25, 0.3) is 0 Å². The van der Waals surface area contributed by atoms with Crippen LogP contribution in [0.5, 0.6) is 0 Å². The Labute approximate surface area is 116 Å². The maximum Gasteiger partial charge on any atom is 0.193 e. The van der Waals surface area contributed by atoms with Crippen LogP contribution in [0, 0.1) is 11.8 Å². The normalized spacial score (nSPS) is 26.4. The molecule has 0 spiro atoms. The van der Waals surface area contributed by atoms with Crippen molar-refractivity contribution in [3.8, 4) is 0 Å². The first kappa shape index (κ1) is 14.4. The molecule has 0 saturated heterocycles. The number of nitrogens with zero attached hydrogens (tertiary/aromatic N) is 2. The zero-order chi connectivity index (χ0) is 13.8. The van der Waals surface area contributed by atoms with Gasteiger partial charge in [0.15, 0.2) is 11.8 Å². The van der Waals surface area contributed by atoms with Crippen molar-refractivity contribution in [2.45, 2.75) is 59.0 Å². The highest BCUT2D eigenvalue weighted by atomic mass is 16.5. The molecule has 0 radical (unpaired) electrons. The van der Waals surface area contributed by atoms with Gasteiger partial charge in [-0.1, -0.05) is 27.7 Å². The van der Waals surface area contributed by atoms with Gasteiger partial charge >= 0.3 is 0 Å². The summed E-state index contributed by atoms with van der Waals surface area (Å²) in [6.07, 6.45) is 2.81. The van der Waals surface area contributed by atoms with E-state index in [-0.39, 0.29) is 0 Å². The summed E-state index contributed by atoms with van der Waals surface area (Å²) in [5.74, 6) is 2.92. The average Bonchev–Trinajstić information content (AvgIpc) is 2.88. The Hall–Kier alpha value is -1.06. The van der Waals surface area contributed by atoms with Gasteiger partial charge in [-0.05, 0) is 24.7 Å². The molecule has 0 aliphatic carbocycles. The van der Waals surface area contributed by atoms with Gasteiger partial charge in [0.2, 0.25) is 0 Å². The molecule has 0 aromatic heterocycles. The molecule has 0 N–H and O–H groups in total. The van der Waals surface area contributed by atoms with Gasteiger partial charge in [-0.2, -0.15) is 0 Å². The van der Waals surface area contributed by atoms with E-state index in [1.165, 1.54) is 0 Å². The number of ether oxygens (including phenoxy) is 2. The topological polar surface area (TPSA) is 43.2 Å². The summed E-state index contributed by atoms with van der Waals surface area (Å²) in [5.41, 5.74) is 0. The third-order valence-electron chi connectivity index (χ3n) is 3.33. The van der Waals surface area contributed by atoms with Gasteiger partial charge in [0, 0.05) is 0 Å². The van der Waals surface area contributed by atoms with E-state index in [1.54, 1.807) is 0 Å². The lowest BCUT2D eigenvalue weighted by atomic mass is 10.1. The summed E-state index contributed by atoms with van der Waals surface area (Å²) in [7, 11) is 0. The van der Waals surface area contributed by atoms with E-state index < -0.39 is 0 Å². The second-order valence-corrected chi connectivity index (χ2v) is 6.41. The van der Waals surface area contributed by atoms with E-state index in [0.29, 0.717) is 30.3 Å². The molecule has 2 atom stereocenters. The predicted octanol–water partition coefficient (Wildman–Crippen LogP) is 3.06. The van der Waals surface area contributed by atoms with E-state index in [4.69, 9.17) is 9.47 Å². The summed E-state index contributed by atoms with van der Waals surface area (Å²) in [5, 5.41) is 0. The van der Waals surface area contributed by atoms with E-state index >= 15 is 0 Å². The zero-order valence-electron chi connectivity index (χ0n) is 12.6. The zero-order valence-corrected chi connectivity index (χ0v) is 12.6. The van der Waals surface area contributed by atoms with Gasteiger partial charge in [-0.15, -0.1) is 0 Å². The van der Waals surface area contributed by atoms with E-state index in [9.17, 15) is 0 Å². The summed E-state index contributed by atoms with van der Waals surface area (Å²) < 4.78 is 11.3. The van der Waals surface area contributed by atoms with Gasteiger partial charge in [0.05, 0.1) is 18.5 Å². The summed E-state index contributed by atoms with van der Waals surface area (Å²) >= 11 is 0. The Morgan fingerprint density at radius 1 is 0.895 bits per heavy atom. The molecule has 2 aliphatic rings. The lowest BCUT2D eigenvalue weighted by Crippen LogP contribution is -2.10. The lowest BCUT2D eigenvalue weighted by Gasteiger charge is -2.06. The molecule has 4 nitrogen and oxygen atoms in total. The average molecular weight is 266 g/mol. The van der Waals surface area contributed by atoms with Crippen LogP contribution in [-0.4, -0.2) is 37.1 Å². The molecule has 2 heterocycles. The number of hydrogen-bond donors (Lipinski definition) is 0. The fraction of sp³-hybridized carbons (Fsp3) is 0.867. The Morgan fingerprint density at radius 3 is 1.68 bits per heavy atom. The SMILES string of the molecule is CC(C)C[C@@H]1COC(CC2=N[C@H](CC(C)C)CO2)=N1. The molecular weight excluding hydrogens is 240 g/mol. The van der Waals surface area contributed by atoms with Gasteiger partial charge in [-0.3, -0.25) is 0 Å². The molecule has 0 saturated carbocycles. The van der Waals surface area contributed by atoms with Crippen LogP contribution >= 0.6 is 0 Å². The second kappa shape index (κ2) is 6.40. The smallest absolute Gasteiger partial charge is 0.193 e. The maximum absolute atomic E-state index is 5.63. The fourth-order valence-corrected chi connectivity index (χ4v) is 2.59. The first-order valence-electron chi connectivity index (χ1n) is 7.42. The standard InChI is InChI=1S/C15H26N2O2/c1-10(2)5-12-8-18-14(16-12)7-15-17-13(9-19-15)6-11(3)4/h10-13H,5-9H2,1-4H3/t12-,13-/m1/s1. The van der Waals surface area contributed by atoms with Crippen molar-refractivity contribution >= 4 is 11.8 Å². The number of hydrogen-bond acceptors (Lipinski definition) is 4. The molecule has 2 aliphatic heterocycles.